The van der Waals surface area contributed by atoms with E-state index >= 15 is 0 Å². The highest BCUT2D eigenvalue weighted by Crippen LogP contribution is 2.18. The molecule has 0 aromatic rings. The molecule has 1 saturated carbocycles. The third-order valence-electron chi connectivity index (χ3n) is 3.00. The summed E-state index contributed by atoms with van der Waals surface area (Å²) in [6.07, 6.45) is 5.62. The second-order valence-electron chi connectivity index (χ2n) is 4.16. The van der Waals surface area contributed by atoms with Crippen LogP contribution in [0.2, 0.25) is 0 Å². The first-order valence-electron chi connectivity index (χ1n) is 5.35. The molecule has 1 fully saturated rings. The minimum absolute atomic E-state index is 0.169. The molecular formula is C10H21NO2S. The zero-order chi connectivity index (χ0) is 10.6. The topological polar surface area (TPSA) is 49.3 Å². The summed E-state index contributed by atoms with van der Waals surface area (Å²) in [6, 6.07) is 0.271. The third-order valence-corrected chi connectivity index (χ3v) is 4.37. The molecule has 0 bridgehead atoms. The van der Waals surface area contributed by atoms with Crippen molar-refractivity contribution >= 4 is 10.8 Å². The monoisotopic (exact) mass is 219 g/mol. The first kappa shape index (κ1) is 12.1. The molecule has 0 aromatic heterocycles. The number of aliphatic hydroxyl groups is 1. The summed E-state index contributed by atoms with van der Waals surface area (Å²) in [5.74, 6) is 0. The molecule has 0 aliphatic heterocycles. The third kappa shape index (κ3) is 3.67. The van der Waals surface area contributed by atoms with Crippen molar-refractivity contribution in [2.75, 3.05) is 12.8 Å². The predicted molar refractivity (Wildman–Crippen MR) is 59.8 cm³/mol. The molecule has 0 saturated heterocycles. The molecule has 1 aliphatic carbocycles. The molecule has 14 heavy (non-hydrogen) atoms. The van der Waals surface area contributed by atoms with Crippen LogP contribution in [0.15, 0.2) is 0 Å². The van der Waals surface area contributed by atoms with Crippen molar-refractivity contribution in [1.29, 1.82) is 0 Å². The molecule has 2 N–H and O–H groups in total. The van der Waals surface area contributed by atoms with Crippen molar-refractivity contribution in [2.24, 2.45) is 0 Å². The van der Waals surface area contributed by atoms with E-state index in [1.807, 2.05) is 6.92 Å². The van der Waals surface area contributed by atoms with Crippen LogP contribution in [-0.2, 0) is 10.8 Å². The lowest BCUT2D eigenvalue weighted by atomic mass is 10.2. The van der Waals surface area contributed by atoms with E-state index in [9.17, 15) is 9.32 Å². The van der Waals surface area contributed by atoms with E-state index in [2.05, 4.69) is 5.32 Å². The summed E-state index contributed by atoms with van der Waals surface area (Å²) >= 11 is 0. The summed E-state index contributed by atoms with van der Waals surface area (Å²) in [5.41, 5.74) is 0. The Morgan fingerprint density at radius 3 is 2.79 bits per heavy atom. The Kier molecular flexibility index (Phi) is 5.06. The van der Waals surface area contributed by atoms with Gasteiger partial charge in [-0.3, -0.25) is 4.21 Å². The number of hydrogen-bond acceptors (Lipinski definition) is 3. The average Bonchev–Trinajstić information content (AvgIpc) is 2.51. The van der Waals surface area contributed by atoms with Crippen LogP contribution >= 0.6 is 0 Å². The molecule has 0 radical (unpaired) electrons. The summed E-state index contributed by atoms with van der Waals surface area (Å²) < 4.78 is 11.1. The molecule has 0 aromatic carbocycles. The van der Waals surface area contributed by atoms with Crippen LogP contribution in [0.5, 0.6) is 0 Å². The summed E-state index contributed by atoms with van der Waals surface area (Å²) in [7, 11) is -0.725. The van der Waals surface area contributed by atoms with Gasteiger partial charge < -0.3 is 10.4 Å². The van der Waals surface area contributed by atoms with Crippen molar-refractivity contribution in [3.8, 4) is 0 Å². The quantitative estimate of drug-likeness (QED) is 0.713. The van der Waals surface area contributed by atoms with Crippen LogP contribution in [0.4, 0.5) is 0 Å². The first-order chi connectivity index (χ1) is 6.61. The van der Waals surface area contributed by atoms with Gasteiger partial charge in [0.2, 0.25) is 0 Å². The first-order valence-corrected chi connectivity index (χ1v) is 6.97. The van der Waals surface area contributed by atoms with Crippen LogP contribution < -0.4 is 5.32 Å². The standard InChI is InChI=1S/C10H21NO2S/c1-8(14(2)13)6-7-11-9-4-3-5-10(9)12/h8-12H,3-7H2,1-2H3/t8?,9-,10-,14?/m0/s1. The van der Waals surface area contributed by atoms with Gasteiger partial charge in [0.15, 0.2) is 0 Å². The van der Waals surface area contributed by atoms with E-state index in [0.29, 0.717) is 0 Å². The molecular weight excluding hydrogens is 198 g/mol. The van der Waals surface area contributed by atoms with Crippen LogP contribution in [0, 0.1) is 0 Å². The molecule has 1 rings (SSSR count). The average molecular weight is 219 g/mol. The zero-order valence-electron chi connectivity index (χ0n) is 9.03. The fraction of sp³-hybridized carbons (Fsp3) is 1.00. The Bertz CT molecular complexity index is 199. The van der Waals surface area contributed by atoms with E-state index in [4.69, 9.17) is 0 Å². The van der Waals surface area contributed by atoms with Gasteiger partial charge in [-0.1, -0.05) is 6.92 Å². The number of aliphatic hydroxyl groups excluding tert-OH is 1. The van der Waals surface area contributed by atoms with Gasteiger partial charge in [0.1, 0.15) is 0 Å². The van der Waals surface area contributed by atoms with Gasteiger partial charge in [-0.15, -0.1) is 0 Å². The Morgan fingerprint density at radius 2 is 2.29 bits per heavy atom. The van der Waals surface area contributed by atoms with Crippen LogP contribution in [0.3, 0.4) is 0 Å². The summed E-state index contributed by atoms with van der Waals surface area (Å²) in [5, 5.41) is 13.1. The lowest BCUT2D eigenvalue weighted by Crippen LogP contribution is -2.37. The lowest BCUT2D eigenvalue weighted by Gasteiger charge is -2.17. The van der Waals surface area contributed by atoms with Crippen LogP contribution in [0.1, 0.15) is 32.6 Å². The van der Waals surface area contributed by atoms with Crippen molar-refractivity contribution < 1.29 is 9.32 Å². The molecule has 84 valence electrons. The van der Waals surface area contributed by atoms with E-state index in [1.165, 1.54) is 0 Å². The molecule has 4 heteroatoms. The number of hydrogen-bond donors (Lipinski definition) is 2. The normalized spacial score (nSPS) is 31.6. The zero-order valence-corrected chi connectivity index (χ0v) is 9.85. The summed E-state index contributed by atoms with van der Waals surface area (Å²) in [4.78, 5) is 0. The van der Waals surface area contributed by atoms with Crippen molar-refractivity contribution in [2.45, 2.75) is 50.0 Å². The van der Waals surface area contributed by atoms with Gasteiger partial charge in [0.25, 0.3) is 0 Å². The smallest absolute Gasteiger partial charge is 0.0693 e. The van der Waals surface area contributed by atoms with Gasteiger partial charge in [0, 0.05) is 28.3 Å². The SMILES string of the molecule is CC(CCN[C@H]1CCC[C@@H]1O)S(C)=O. The number of nitrogens with one attached hydrogen (secondary N) is 1. The predicted octanol–water partition coefficient (Wildman–Crippen LogP) is 0.646. The fourth-order valence-electron chi connectivity index (χ4n) is 1.82. The molecule has 1 aliphatic rings. The van der Waals surface area contributed by atoms with Gasteiger partial charge >= 0.3 is 0 Å². The second-order valence-corrected chi connectivity index (χ2v) is 5.96. The largest absolute Gasteiger partial charge is 0.392 e. The maximum atomic E-state index is 11.1. The van der Waals surface area contributed by atoms with E-state index in [1.54, 1.807) is 6.26 Å². The molecule has 3 nitrogen and oxygen atoms in total. The minimum atomic E-state index is -0.725. The highest BCUT2D eigenvalue weighted by Gasteiger charge is 2.24. The Labute approximate surface area is 88.7 Å². The molecule has 4 atom stereocenters. The van der Waals surface area contributed by atoms with Gasteiger partial charge in [-0.05, 0) is 32.2 Å². The van der Waals surface area contributed by atoms with Gasteiger partial charge in [0.05, 0.1) is 6.10 Å². The fourth-order valence-corrected chi connectivity index (χ4v) is 2.27. The van der Waals surface area contributed by atoms with Gasteiger partial charge in [-0.25, -0.2) is 0 Å². The molecule has 2 unspecified atom stereocenters. The maximum absolute atomic E-state index is 11.1. The number of rotatable bonds is 5. The summed E-state index contributed by atoms with van der Waals surface area (Å²) in [6.45, 7) is 2.87. The van der Waals surface area contributed by atoms with Crippen molar-refractivity contribution in [3.05, 3.63) is 0 Å². The van der Waals surface area contributed by atoms with E-state index < -0.39 is 10.8 Å². The van der Waals surface area contributed by atoms with Gasteiger partial charge in [-0.2, -0.15) is 0 Å². The van der Waals surface area contributed by atoms with Crippen LogP contribution in [-0.4, -0.2) is 39.5 Å². The molecule has 0 amide bonds. The van der Waals surface area contributed by atoms with E-state index in [-0.39, 0.29) is 17.4 Å². The highest BCUT2D eigenvalue weighted by atomic mass is 32.2. The minimum Gasteiger partial charge on any atom is -0.392 e. The second kappa shape index (κ2) is 5.83. The lowest BCUT2D eigenvalue weighted by molar-refractivity contribution is 0.149. The van der Waals surface area contributed by atoms with Crippen LogP contribution in [0.25, 0.3) is 0 Å². The highest BCUT2D eigenvalue weighted by molar-refractivity contribution is 7.84. The molecule has 0 heterocycles. The van der Waals surface area contributed by atoms with Crippen molar-refractivity contribution in [1.82, 2.24) is 5.32 Å². The Hall–Kier alpha value is 0.0700. The maximum Gasteiger partial charge on any atom is 0.0693 e. The van der Waals surface area contributed by atoms with Crippen molar-refractivity contribution in [3.63, 3.8) is 0 Å². The van der Waals surface area contributed by atoms with E-state index in [0.717, 1.165) is 32.2 Å². The molecule has 0 spiro atoms. The Morgan fingerprint density at radius 1 is 1.57 bits per heavy atom. The Balaban J connectivity index is 2.11.